The Morgan fingerprint density at radius 1 is 1.41 bits per heavy atom. The van der Waals surface area contributed by atoms with Crippen LogP contribution in [-0.2, 0) is 9.53 Å². The highest BCUT2D eigenvalue weighted by Gasteiger charge is 2.23. The average molecular weight is 259 g/mol. The second-order valence-corrected chi connectivity index (χ2v) is 5.38. The van der Waals surface area contributed by atoms with Gasteiger partial charge < -0.3 is 10.1 Å². The molecule has 0 aromatic carbocycles. The van der Waals surface area contributed by atoms with Gasteiger partial charge in [-0.3, -0.25) is 0 Å². The summed E-state index contributed by atoms with van der Waals surface area (Å²) in [5.41, 5.74) is 0.655. The molecule has 0 saturated carbocycles. The molecule has 1 N–H and O–H groups in total. The van der Waals surface area contributed by atoms with E-state index in [1.807, 2.05) is 17.8 Å². The van der Waals surface area contributed by atoms with Gasteiger partial charge in [0.1, 0.15) is 0 Å². The van der Waals surface area contributed by atoms with E-state index in [4.69, 9.17) is 0 Å². The summed E-state index contributed by atoms with van der Waals surface area (Å²) in [6.45, 7) is 7.89. The number of carbonyl (C=O) groups excluding carboxylic acids is 1. The number of carbonyl (C=O) groups is 1. The minimum Gasteiger partial charge on any atom is -0.466 e. The van der Waals surface area contributed by atoms with E-state index in [2.05, 4.69) is 30.2 Å². The van der Waals surface area contributed by atoms with Crippen molar-refractivity contribution in [1.82, 2.24) is 5.32 Å². The van der Waals surface area contributed by atoms with Crippen LogP contribution < -0.4 is 5.32 Å². The van der Waals surface area contributed by atoms with Crippen LogP contribution in [0.25, 0.3) is 0 Å². The van der Waals surface area contributed by atoms with E-state index in [9.17, 15) is 4.79 Å². The smallest absolute Gasteiger partial charge is 0.333 e. The highest BCUT2D eigenvalue weighted by Crippen LogP contribution is 2.29. The van der Waals surface area contributed by atoms with Crippen LogP contribution in [0.15, 0.2) is 11.6 Å². The molecule has 0 atom stereocenters. The summed E-state index contributed by atoms with van der Waals surface area (Å²) in [4.78, 5) is 11.1. The minimum absolute atomic E-state index is 0.256. The second-order valence-electron chi connectivity index (χ2n) is 4.10. The quantitative estimate of drug-likeness (QED) is 0.413. The Kier molecular flexibility index (Phi) is 8.35. The summed E-state index contributed by atoms with van der Waals surface area (Å²) in [6, 6.07) is 0. The van der Waals surface area contributed by atoms with Crippen LogP contribution in [0.5, 0.6) is 0 Å². The van der Waals surface area contributed by atoms with Crippen molar-refractivity contribution in [3.63, 3.8) is 0 Å². The van der Waals surface area contributed by atoms with Crippen molar-refractivity contribution < 1.29 is 9.53 Å². The maximum atomic E-state index is 11.1. The van der Waals surface area contributed by atoms with Crippen molar-refractivity contribution in [1.29, 1.82) is 0 Å². The molecule has 0 saturated heterocycles. The number of hydrogen-bond donors (Lipinski definition) is 1. The van der Waals surface area contributed by atoms with E-state index in [0.29, 0.717) is 16.9 Å². The predicted octanol–water partition coefficient (Wildman–Crippen LogP) is 2.62. The molecule has 0 bridgehead atoms. The molecule has 0 aliphatic carbocycles. The largest absolute Gasteiger partial charge is 0.466 e. The first-order valence-electron chi connectivity index (χ1n) is 6.06. The first-order chi connectivity index (χ1) is 8.05. The zero-order chi connectivity index (χ0) is 13.3. The van der Waals surface area contributed by atoms with Gasteiger partial charge in [-0.25, -0.2) is 4.79 Å². The molecule has 3 nitrogen and oxygen atoms in total. The summed E-state index contributed by atoms with van der Waals surface area (Å²) in [6.07, 6.45) is 6.33. The molecule has 0 radical (unpaired) electrons. The number of rotatable bonds is 8. The Morgan fingerprint density at radius 2 is 2.00 bits per heavy atom. The van der Waals surface area contributed by atoms with Gasteiger partial charge in [-0.2, -0.15) is 11.8 Å². The molecule has 0 aliphatic rings. The van der Waals surface area contributed by atoms with Crippen LogP contribution >= 0.6 is 11.8 Å². The average Bonchev–Trinajstić information content (AvgIpc) is 2.38. The third-order valence-corrected chi connectivity index (χ3v) is 4.82. The van der Waals surface area contributed by atoms with Crippen LogP contribution in [0.3, 0.4) is 0 Å². The van der Waals surface area contributed by atoms with E-state index in [0.717, 1.165) is 19.4 Å². The van der Waals surface area contributed by atoms with E-state index in [1.165, 1.54) is 7.11 Å². The molecule has 0 fully saturated rings. The molecular weight excluding hydrogens is 234 g/mol. The fourth-order valence-electron chi connectivity index (χ4n) is 1.63. The van der Waals surface area contributed by atoms with Crippen molar-refractivity contribution >= 4 is 17.7 Å². The zero-order valence-electron chi connectivity index (χ0n) is 11.6. The second kappa shape index (κ2) is 8.59. The van der Waals surface area contributed by atoms with Gasteiger partial charge >= 0.3 is 5.97 Å². The first kappa shape index (κ1) is 16.5. The fourth-order valence-corrected chi connectivity index (χ4v) is 2.45. The van der Waals surface area contributed by atoms with Crippen LogP contribution in [0, 0.1) is 0 Å². The van der Waals surface area contributed by atoms with Gasteiger partial charge in [0.05, 0.1) is 7.11 Å². The van der Waals surface area contributed by atoms with Crippen LogP contribution in [-0.4, -0.2) is 37.2 Å². The number of hydrogen-bond acceptors (Lipinski definition) is 4. The Morgan fingerprint density at radius 3 is 2.41 bits per heavy atom. The Balaban J connectivity index is 4.10. The lowest BCUT2D eigenvalue weighted by Gasteiger charge is -2.29. The van der Waals surface area contributed by atoms with Gasteiger partial charge in [0.15, 0.2) is 0 Å². The van der Waals surface area contributed by atoms with Crippen LogP contribution in [0.1, 0.15) is 33.6 Å². The van der Waals surface area contributed by atoms with Crippen molar-refractivity contribution in [2.45, 2.75) is 38.4 Å². The molecule has 100 valence electrons. The summed E-state index contributed by atoms with van der Waals surface area (Å²) in [5, 5.41) is 3.38. The molecule has 0 heterocycles. The van der Waals surface area contributed by atoms with Crippen molar-refractivity contribution in [2.24, 2.45) is 0 Å². The van der Waals surface area contributed by atoms with E-state index in [1.54, 1.807) is 6.92 Å². The van der Waals surface area contributed by atoms with Gasteiger partial charge in [0.2, 0.25) is 0 Å². The summed E-state index contributed by atoms with van der Waals surface area (Å²) < 4.78 is 4.95. The van der Waals surface area contributed by atoms with E-state index in [-0.39, 0.29) is 5.97 Å². The molecule has 0 unspecified atom stereocenters. The highest BCUT2D eigenvalue weighted by molar-refractivity contribution is 8.00. The molecule has 4 heteroatoms. The lowest BCUT2D eigenvalue weighted by atomic mass is 10.0. The number of esters is 1. The van der Waals surface area contributed by atoms with Gasteiger partial charge in [-0.05, 0) is 26.0 Å². The molecular formula is C13H25NO2S. The summed E-state index contributed by atoms with van der Waals surface area (Å²) >= 11 is 1.91. The molecule has 17 heavy (non-hydrogen) atoms. The molecule has 0 spiro atoms. The third kappa shape index (κ3) is 5.59. The first-order valence-corrected chi connectivity index (χ1v) is 7.28. The van der Waals surface area contributed by atoms with E-state index >= 15 is 0 Å². The maximum absolute atomic E-state index is 11.1. The topological polar surface area (TPSA) is 38.3 Å². The Bertz CT molecular complexity index is 252. The maximum Gasteiger partial charge on any atom is 0.333 e. The van der Waals surface area contributed by atoms with Crippen LogP contribution in [0.2, 0.25) is 0 Å². The fraction of sp³-hybridized carbons (Fsp3) is 0.769. The SMILES string of the molecule is CCC(CC)(CNC/C=C(/C)C(=O)OC)SC. The Labute approximate surface area is 109 Å². The predicted molar refractivity (Wildman–Crippen MR) is 75.5 cm³/mol. The highest BCUT2D eigenvalue weighted by atomic mass is 32.2. The Hall–Kier alpha value is -0.480. The molecule has 0 aliphatic heterocycles. The normalized spacial score (nSPS) is 12.6. The lowest BCUT2D eigenvalue weighted by molar-refractivity contribution is -0.136. The monoisotopic (exact) mass is 259 g/mol. The van der Waals surface area contributed by atoms with Gasteiger partial charge in [0.25, 0.3) is 0 Å². The minimum atomic E-state index is -0.256. The number of methoxy groups -OCH3 is 1. The van der Waals surface area contributed by atoms with Crippen LogP contribution in [0.4, 0.5) is 0 Å². The van der Waals surface area contributed by atoms with Crippen molar-refractivity contribution in [3.8, 4) is 0 Å². The summed E-state index contributed by atoms with van der Waals surface area (Å²) in [7, 11) is 1.40. The number of thioether (sulfide) groups is 1. The van der Waals surface area contributed by atoms with Crippen molar-refractivity contribution in [3.05, 3.63) is 11.6 Å². The molecule has 0 amide bonds. The number of nitrogens with one attached hydrogen (secondary N) is 1. The number of ether oxygens (including phenoxy) is 1. The lowest BCUT2D eigenvalue weighted by Crippen LogP contribution is -2.36. The molecule has 0 aromatic rings. The van der Waals surface area contributed by atoms with Gasteiger partial charge in [0, 0.05) is 23.4 Å². The van der Waals surface area contributed by atoms with Crippen molar-refractivity contribution in [2.75, 3.05) is 26.5 Å². The zero-order valence-corrected chi connectivity index (χ0v) is 12.4. The standard InChI is InChI=1S/C13H25NO2S/c1-6-13(7-2,17-5)10-14-9-8-11(3)12(15)16-4/h8,14H,6-7,9-10H2,1-5H3/b11-8-. The van der Waals surface area contributed by atoms with E-state index < -0.39 is 0 Å². The van der Waals surface area contributed by atoms with Gasteiger partial charge in [-0.1, -0.05) is 19.9 Å². The third-order valence-electron chi connectivity index (χ3n) is 3.23. The molecule has 0 aromatic heterocycles. The molecule has 0 rings (SSSR count). The summed E-state index contributed by atoms with van der Waals surface area (Å²) in [5.74, 6) is -0.256. The van der Waals surface area contributed by atoms with Gasteiger partial charge in [-0.15, -0.1) is 0 Å².